The standard InChI is InChI=1S/C21H16ClF2N5O5S/c1-3-34-21(30)19-15-8-25-14(9-29(15)10-27-19)17-12(23)4-5-13(18(17)24)28-35(31,32)16-6-11(22)7-26-20(16)33-2/h4-10,28H,3H2,1-2H3. The summed E-state index contributed by atoms with van der Waals surface area (Å²) in [5.74, 6) is -3.16. The Morgan fingerprint density at radius 3 is 2.69 bits per heavy atom. The van der Waals surface area contributed by atoms with Gasteiger partial charge in [-0.3, -0.25) is 9.71 Å². The maximum absolute atomic E-state index is 15.4. The molecule has 0 saturated carbocycles. The normalized spacial score (nSPS) is 11.5. The molecule has 14 heteroatoms. The third-order valence-electron chi connectivity index (χ3n) is 4.75. The van der Waals surface area contributed by atoms with E-state index in [0.29, 0.717) is 0 Å². The van der Waals surface area contributed by atoms with Crippen LogP contribution >= 0.6 is 11.6 Å². The van der Waals surface area contributed by atoms with Crippen LogP contribution in [0.15, 0.2) is 48.0 Å². The van der Waals surface area contributed by atoms with Gasteiger partial charge in [0.25, 0.3) is 10.0 Å². The molecule has 0 aliphatic rings. The number of aromatic nitrogens is 4. The van der Waals surface area contributed by atoms with E-state index in [1.807, 2.05) is 0 Å². The minimum Gasteiger partial charge on any atom is -0.480 e. The Kier molecular flexibility index (Phi) is 6.54. The molecule has 3 heterocycles. The van der Waals surface area contributed by atoms with Crippen molar-refractivity contribution in [3.63, 3.8) is 0 Å². The lowest BCUT2D eigenvalue weighted by Crippen LogP contribution is -2.16. The Labute approximate surface area is 202 Å². The number of fused-ring (bicyclic) bond motifs is 1. The van der Waals surface area contributed by atoms with Crippen LogP contribution in [0.1, 0.15) is 17.4 Å². The van der Waals surface area contributed by atoms with Gasteiger partial charge in [0.2, 0.25) is 5.88 Å². The minimum absolute atomic E-state index is 0.00599. The Bertz CT molecular complexity index is 1560. The number of carbonyl (C=O) groups is 1. The molecular weight excluding hydrogens is 508 g/mol. The number of carbonyl (C=O) groups excluding carboxylic acids is 1. The molecule has 0 amide bonds. The molecule has 0 radical (unpaired) electrons. The van der Waals surface area contributed by atoms with E-state index in [2.05, 4.69) is 19.7 Å². The van der Waals surface area contributed by atoms with E-state index >= 15 is 4.39 Å². The molecule has 0 aliphatic heterocycles. The van der Waals surface area contributed by atoms with Crippen molar-refractivity contribution >= 4 is 38.8 Å². The van der Waals surface area contributed by atoms with E-state index in [-0.39, 0.29) is 34.4 Å². The summed E-state index contributed by atoms with van der Waals surface area (Å²) in [4.78, 5) is 23.3. The van der Waals surface area contributed by atoms with E-state index in [0.717, 1.165) is 18.2 Å². The van der Waals surface area contributed by atoms with E-state index < -0.39 is 43.8 Å². The van der Waals surface area contributed by atoms with Crippen LogP contribution in [0.4, 0.5) is 14.5 Å². The van der Waals surface area contributed by atoms with Crippen molar-refractivity contribution < 1.29 is 31.5 Å². The van der Waals surface area contributed by atoms with Gasteiger partial charge in [0.15, 0.2) is 16.4 Å². The largest absolute Gasteiger partial charge is 0.480 e. The molecule has 1 N–H and O–H groups in total. The number of hydrogen-bond acceptors (Lipinski definition) is 8. The molecule has 0 fully saturated rings. The summed E-state index contributed by atoms with van der Waals surface area (Å²) in [5.41, 5.74) is -1.09. The number of rotatable bonds is 7. The minimum atomic E-state index is -4.43. The molecule has 0 unspecified atom stereocenters. The summed E-state index contributed by atoms with van der Waals surface area (Å²) in [5, 5.41) is 0.00599. The highest BCUT2D eigenvalue weighted by molar-refractivity contribution is 7.92. The first-order valence-electron chi connectivity index (χ1n) is 9.86. The van der Waals surface area contributed by atoms with Crippen molar-refractivity contribution in [2.24, 2.45) is 0 Å². The molecule has 182 valence electrons. The number of anilines is 1. The van der Waals surface area contributed by atoms with Crippen molar-refractivity contribution in [3.05, 3.63) is 65.5 Å². The van der Waals surface area contributed by atoms with Gasteiger partial charge in [-0.1, -0.05) is 11.6 Å². The molecule has 0 spiro atoms. The molecule has 10 nitrogen and oxygen atoms in total. The van der Waals surface area contributed by atoms with Gasteiger partial charge in [-0.25, -0.2) is 32.0 Å². The highest BCUT2D eigenvalue weighted by Gasteiger charge is 2.26. The molecule has 0 bridgehead atoms. The van der Waals surface area contributed by atoms with Gasteiger partial charge in [0, 0.05) is 12.4 Å². The zero-order valence-corrected chi connectivity index (χ0v) is 19.7. The lowest BCUT2D eigenvalue weighted by Gasteiger charge is -2.14. The zero-order chi connectivity index (χ0) is 25.3. The maximum atomic E-state index is 15.4. The topological polar surface area (TPSA) is 125 Å². The number of sulfonamides is 1. The van der Waals surface area contributed by atoms with E-state index in [9.17, 15) is 17.6 Å². The predicted octanol–water partition coefficient (Wildman–Crippen LogP) is 3.71. The molecule has 1 aromatic carbocycles. The third kappa shape index (κ3) is 4.59. The van der Waals surface area contributed by atoms with Gasteiger partial charge in [-0.05, 0) is 25.1 Å². The molecule has 3 aromatic heterocycles. The smallest absolute Gasteiger partial charge is 0.359 e. The van der Waals surface area contributed by atoms with Crippen molar-refractivity contribution in [1.29, 1.82) is 0 Å². The van der Waals surface area contributed by atoms with Gasteiger partial charge >= 0.3 is 5.97 Å². The Morgan fingerprint density at radius 1 is 1.20 bits per heavy atom. The number of hydrogen-bond donors (Lipinski definition) is 1. The molecule has 35 heavy (non-hydrogen) atoms. The summed E-state index contributed by atoms with van der Waals surface area (Å²) in [6.07, 6.45) is 4.89. The molecule has 0 aliphatic carbocycles. The molecule has 4 rings (SSSR count). The number of ether oxygens (including phenoxy) is 2. The van der Waals surface area contributed by atoms with E-state index in [4.69, 9.17) is 21.1 Å². The molecule has 4 aromatic rings. The number of pyridine rings is 1. The fourth-order valence-corrected chi connectivity index (χ4v) is 4.63. The average Bonchev–Trinajstić information content (AvgIpc) is 3.25. The monoisotopic (exact) mass is 523 g/mol. The number of methoxy groups -OCH3 is 1. The molecule has 0 atom stereocenters. The average molecular weight is 524 g/mol. The van der Waals surface area contributed by atoms with Gasteiger partial charge in [-0.15, -0.1) is 0 Å². The van der Waals surface area contributed by atoms with Gasteiger partial charge < -0.3 is 13.9 Å². The number of imidazole rings is 1. The zero-order valence-electron chi connectivity index (χ0n) is 18.1. The first kappa shape index (κ1) is 24.3. The highest BCUT2D eigenvalue weighted by Crippen LogP contribution is 2.32. The van der Waals surface area contributed by atoms with E-state index in [1.54, 1.807) is 6.92 Å². The number of halogens is 3. The second kappa shape index (κ2) is 9.43. The van der Waals surface area contributed by atoms with E-state index in [1.165, 1.54) is 36.4 Å². The maximum Gasteiger partial charge on any atom is 0.359 e. The molecular formula is C21H16ClF2N5O5S. The van der Waals surface area contributed by atoms with Gasteiger partial charge in [0.05, 0.1) is 47.4 Å². The highest BCUT2D eigenvalue weighted by atomic mass is 35.5. The second-order valence-electron chi connectivity index (χ2n) is 6.93. The fraction of sp³-hybridized carbons (Fsp3) is 0.143. The number of benzene rings is 1. The first-order valence-corrected chi connectivity index (χ1v) is 11.7. The van der Waals surface area contributed by atoms with Gasteiger partial charge in [-0.2, -0.15) is 0 Å². The third-order valence-corrected chi connectivity index (χ3v) is 6.31. The SMILES string of the molecule is CCOC(=O)c1ncn2cc(-c3c(F)ccc(NS(=O)(=O)c4cc(Cl)cnc4OC)c3F)ncc12. The fourth-order valence-electron chi connectivity index (χ4n) is 3.20. The van der Waals surface area contributed by atoms with Crippen LogP contribution in [0, 0.1) is 11.6 Å². The predicted molar refractivity (Wildman–Crippen MR) is 121 cm³/mol. The van der Waals surface area contributed by atoms with Crippen LogP contribution < -0.4 is 9.46 Å². The summed E-state index contributed by atoms with van der Waals surface area (Å²) >= 11 is 5.85. The van der Waals surface area contributed by atoms with Crippen LogP contribution in [-0.4, -0.2) is 47.5 Å². The van der Waals surface area contributed by atoms with Crippen LogP contribution in [0.5, 0.6) is 5.88 Å². The Morgan fingerprint density at radius 2 is 1.97 bits per heavy atom. The van der Waals surface area contributed by atoms with Crippen molar-refractivity contribution in [3.8, 4) is 17.1 Å². The lowest BCUT2D eigenvalue weighted by molar-refractivity contribution is 0.0522. The van der Waals surface area contributed by atoms with Gasteiger partial charge in [0.1, 0.15) is 12.1 Å². The quantitative estimate of drug-likeness (QED) is 0.363. The van der Waals surface area contributed by atoms with Crippen molar-refractivity contribution in [2.75, 3.05) is 18.4 Å². The molecule has 0 saturated heterocycles. The van der Waals surface area contributed by atoms with Crippen LogP contribution in [0.2, 0.25) is 5.02 Å². The summed E-state index contributed by atoms with van der Waals surface area (Å²) in [7, 11) is -3.23. The van der Waals surface area contributed by atoms with Crippen molar-refractivity contribution in [2.45, 2.75) is 11.8 Å². The Hall–Kier alpha value is -3.84. The van der Waals surface area contributed by atoms with Crippen molar-refractivity contribution in [1.82, 2.24) is 19.4 Å². The summed E-state index contributed by atoms with van der Waals surface area (Å²) in [6, 6.07) is 2.88. The van der Waals surface area contributed by atoms with Crippen LogP contribution in [-0.2, 0) is 14.8 Å². The number of nitrogens with one attached hydrogen (secondary N) is 1. The van der Waals surface area contributed by atoms with Crippen LogP contribution in [0.3, 0.4) is 0 Å². The second-order valence-corrected chi connectivity index (χ2v) is 9.02. The number of esters is 1. The number of nitrogens with zero attached hydrogens (tertiary/aromatic N) is 4. The Balaban J connectivity index is 1.75. The first-order chi connectivity index (χ1) is 16.7. The summed E-state index contributed by atoms with van der Waals surface area (Å²) < 4.78 is 69.1. The lowest BCUT2D eigenvalue weighted by atomic mass is 10.1. The summed E-state index contributed by atoms with van der Waals surface area (Å²) in [6.45, 7) is 1.78. The van der Waals surface area contributed by atoms with Crippen LogP contribution in [0.25, 0.3) is 16.8 Å².